The first-order valence-electron chi connectivity index (χ1n) is 5.63. The highest BCUT2D eigenvalue weighted by atomic mass is 16.3. The summed E-state index contributed by atoms with van der Waals surface area (Å²) in [5, 5.41) is 18.9. The number of carbonyl (C=O) groups excluding carboxylic acids is 1. The van der Waals surface area contributed by atoms with E-state index in [1.807, 2.05) is 0 Å². The molecule has 1 aliphatic heterocycles. The molecule has 0 aromatic heterocycles. The molecular weight excluding hydrogens is 220 g/mol. The summed E-state index contributed by atoms with van der Waals surface area (Å²) in [6.07, 6.45) is 0.891. The van der Waals surface area contributed by atoms with Crippen molar-refractivity contribution in [3.8, 4) is 11.5 Å². The van der Waals surface area contributed by atoms with Crippen LogP contribution in [0.1, 0.15) is 16.8 Å². The zero-order valence-electron chi connectivity index (χ0n) is 9.47. The number of hydrogen-bond acceptors (Lipinski definition) is 4. The number of hydrogen-bond donors (Lipinski definition) is 3. The first-order chi connectivity index (χ1) is 8.11. The number of nitrogens with zero attached hydrogens (tertiary/aromatic N) is 1. The third-order valence-electron chi connectivity index (χ3n) is 3.12. The Hall–Kier alpha value is -1.75. The molecule has 5 nitrogen and oxygen atoms in total. The second-order valence-corrected chi connectivity index (χ2v) is 4.34. The van der Waals surface area contributed by atoms with E-state index in [0.717, 1.165) is 6.42 Å². The van der Waals surface area contributed by atoms with Crippen LogP contribution in [0, 0.1) is 5.92 Å². The zero-order valence-corrected chi connectivity index (χ0v) is 9.47. The number of carbonyl (C=O) groups is 1. The molecule has 1 amide bonds. The number of aromatic hydroxyl groups is 2. The minimum atomic E-state index is -0.255. The van der Waals surface area contributed by atoms with E-state index < -0.39 is 0 Å². The lowest BCUT2D eigenvalue weighted by atomic mass is 10.1. The molecular formula is C12H16N2O3. The van der Waals surface area contributed by atoms with Crippen molar-refractivity contribution < 1.29 is 15.0 Å². The summed E-state index contributed by atoms with van der Waals surface area (Å²) >= 11 is 0. The number of phenolic OH excluding ortho intramolecular Hbond substituents is 2. The summed E-state index contributed by atoms with van der Waals surface area (Å²) in [7, 11) is 0. The summed E-state index contributed by atoms with van der Waals surface area (Å²) in [6, 6.07) is 3.95. The maximum Gasteiger partial charge on any atom is 0.257 e. The molecule has 2 rings (SSSR count). The monoisotopic (exact) mass is 236 g/mol. The van der Waals surface area contributed by atoms with Crippen LogP contribution in [0.25, 0.3) is 0 Å². The lowest BCUT2D eigenvalue weighted by Crippen LogP contribution is -2.29. The lowest BCUT2D eigenvalue weighted by molar-refractivity contribution is 0.0784. The average molecular weight is 236 g/mol. The Labute approximate surface area is 99.5 Å². The number of nitrogens with two attached hydrogens (primary N) is 1. The molecule has 17 heavy (non-hydrogen) atoms. The minimum absolute atomic E-state index is 0.0271. The Bertz CT molecular complexity index is 434. The summed E-state index contributed by atoms with van der Waals surface area (Å²) in [5.41, 5.74) is 5.70. The second-order valence-electron chi connectivity index (χ2n) is 4.34. The van der Waals surface area contributed by atoms with Gasteiger partial charge in [0.2, 0.25) is 0 Å². The largest absolute Gasteiger partial charge is 0.508 e. The van der Waals surface area contributed by atoms with Crippen molar-refractivity contribution >= 4 is 5.91 Å². The first-order valence-corrected chi connectivity index (χ1v) is 5.63. The van der Waals surface area contributed by atoms with Gasteiger partial charge in [0.25, 0.3) is 5.91 Å². The lowest BCUT2D eigenvalue weighted by Gasteiger charge is -2.17. The van der Waals surface area contributed by atoms with Gasteiger partial charge in [0.1, 0.15) is 11.5 Å². The van der Waals surface area contributed by atoms with Gasteiger partial charge < -0.3 is 20.8 Å². The molecule has 0 radical (unpaired) electrons. The van der Waals surface area contributed by atoms with Crippen LogP contribution in [0.4, 0.5) is 0 Å². The van der Waals surface area contributed by atoms with Crippen molar-refractivity contribution in [3.63, 3.8) is 0 Å². The summed E-state index contributed by atoms with van der Waals surface area (Å²) < 4.78 is 0. The molecule has 1 aliphatic rings. The highest BCUT2D eigenvalue weighted by Gasteiger charge is 2.27. The molecule has 0 bridgehead atoms. The van der Waals surface area contributed by atoms with Gasteiger partial charge in [-0.3, -0.25) is 4.79 Å². The van der Waals surface area contributed by atoms with Gasteiger partial charge in [0.15, 0.2) is 0 Å². The number of likely N-dealkylation sites (tertiary alicyclic amines) is 1. The van der Waals surface area contributed by atoms with E-state index >= 15 is 0 Å². The molecule has 1 aromatic carbocycles. The minimum Gasteiger partial charge on any atom is -0.508 e. The van der Waals surface area contributed by atoms with E-state index in [4.69, 9.17) is 5.73 Å². The van der Waals surface area contributed by atoms with Gasteiger partial charge in [0.05, 0.1) is 5.56 Å². The fraction of sp³-hybridized carbons (Fsp3) is 0.417. The molecule has 1 heterocycles. The smallest absolute Gasteiger partial charge is 0.257 e. The zero-order chi connectivity index (χ0) is 12.4. The van der Waals surface area contributed by atoms with Crippen LogP contribution < -0.4 is 5.73 Å². The Morgan fingerprint density at radius 2 is 2.24 bits per heavy atom. The molecule has 0 saturated carbocycles. The summed E-state index contributed by atoms with van der Waals surface area (Å²) in [6.45, 7) is 1.83. The molecule has 0 aliphatic carbocycles. The normalized spacial score (nSPS) is 19.6. The van der Waals surface area contributed by atoms with Crippen LogP contribution in [0.2, 0.25) is 0 Å². The first kappa shape index (κ1) is 11.7. The van der Waals surface area contributed by atoms with Crippen molar-refractivity contribution in [2.45, 2.75) is 6.42 Å². The van der Waals surface area contributed by atoms with E-state index in [2.05, 4.69) is 0 Å². The molecule has 1 fully saturated rings. The highest BCUT2D eigenvalue weighted by Crippen LogP contribution is 2.25. The highest BCUT2D eigenvalue weighted by molar-refractivity contribution is 5.97. The summed E-state index contributed by atoms with van der Waals surface area (Å²) in [4.78, 5) is 13.8. The molecule has 1 unspecified atom stereocenters. The van der Waals surface area contributed by atoms with E-state index in [-0.39, 0.29) is 23.0 Å². The van der Waals surface area contributed by atoms with Crippen LogP contribution in [0.5, 0.6) is 11.5 Å². The van der Waals surface area contributed by atoms with Gasteiger partial charge in [-0.25, -0.2) is 0 Å². The molecule has 92 valence electrons. The number of rotatable bonds is 2. The van der Waals surface area contributed by atoms with Crippen molar-refractivity contribution in [3.05, 3.63) is 23.8 Å². The van der Waals surface area contributed by atoms with Crippen LogP contribution in [0.15, 0.2) is 18.2 Å². The SMILES string of the molecule is NCC1CCN(C(=O)c2cc(O)ccc2O)C1. The van der Waals surface area contributed by atoms with E-state index in [0.29, 0.717) is 25.6 Å². The van der Waals surface area contributed by atoms with Gasteiger partial charge in [-0.05, 0) is 37.1 Å². The molecule has 1 saturated heterocycles. The Balaban J connectivity index is 2.17. The van der Waals surface area contributed by atoms with Crippen LogP contribution in [-0.2, 0) is 0 Å². The standard InChI is InChI=1S/C12H16N2O3/c13-6-8-3-4-14(7-8)12(17)10-5-9(15)1-2-11(10)16/h1-2,5,8,15-16H,3-4,6-7,13H2. The van der Waals surface area contributed by atoms with Crippen LogP contribution >= 0.6 is 0 Å². The topological polar surface area (TPSA) is 86.8 Å². The fourth-order valence-corrected chi connectivity index (χ4v) is 2.08. The maximum absolute atomic E-state index is 12.1. The van der Waals surface area contributed by atoms with E-state index in [1.165, 1.54) is 18.2 Å². The van der Waals surface area contributed by atoms with Crippen LogP contribution in [0.3, 0.4) is 0 Å². The molecule has 0 spiro atoms. The second kappa shape index (κ2) is 4.63. The predicted octanol–water partition coefficient (Wildman–Crippen LogP) is 0.519. The number of benzene rings is 1. The Morgan fingerprint density at radius 3 is 2.88 bits per heavy atom. The van der Waals surface area contributed by atoms with Gasteiger partial charge >= 0.3 is 0 Å². The van der Waals surface area contributed by atoms with E-state index in [9.17, 15) is 15.0 Å². The van der Waals surface area contributed by atoms with Crippen molar-refractivity contribution in [1.29, 1.82) is 0 Å². The van der Waals surface area contributed by atoms with Gasteiger partial charge in [0, 0.05) is 13.1 Å². The Kier molecular flexibility index (Phi) is 3.19. The quantitative estimate of drug-likeness (QED) is 0.653. The molecule has 4 N–H and O–H groups in total. The summed E-state index contributed by atoms with van der Waals surface area (Å²) in [5.74, 6) is -0.0579. The Morgan fingerprint density at radius 1 is 1.47 bits per heavy atom. The molecule has 1 atom stereocenters. The number of amides is 1. The fourth-order valence-electron chi connectivity index (χ4n) is 2.08. The average Bonchev–Trinajstić information content (AvgIpc) is 2.80. The predicted molar refractivity (Wildman–Crippen MR) is 62.8 cm³/mol. The van der Waals surface area contributed by atoms with Crippen LogP contribution in [-0.4, -0.2) is 40.7 Å². The van der Waals surface area contributed by atoms with Gasteiger partial charge in [-0.15, -0.1) is 0 Å². The third-order valence-corrected chi connectivity index (χ3v) is 3.12. The molecule has 5 heteroatoms. The molecule has 1 aromatic rings. The van der Waals surface area contributed by atoms with Crippen molar-refractivity contribution in [2.24, 2.45) is 11.7 Å². The van der Waals surface area contributed by atoms with Crippen molar-refractivity contribution in [1.82, 2.24) is 4.90 Å². The van der Waals surface area contributed by atoms with E-state index in [1.54, 1.807) is 4.90 Å². The van der Waals surface area contributed by atoms with Gasteiger partial charge in [-0.2, -0.15) is 0 Å². The van der Waals surface area contributed by atoms with Gasteiger partial charge in [-0.1, -0.05) is 0 Å². The van der Waals surface area contributed by atoms with Crippen molar-refractivity contribution in [2.75, 3.05) is 19.6 Å². The third kappa shape index (κ3) is 2.34. The maximum atomic E-state index is 12.1. The number of phenols is 2.